The fraction of sp³-hybridized carbons (Fsp3) is 0.474. The Bertz CT molecular complexity index is 931. The molecule has 0 aromatic carbocycles. The molecular weight excluding hydrogens is 366 g/mol. The second kappa shape index (κ2) is 8.04. The van der Waals surface area contributed by atoms with Gasteiger partial charge in [0.2, 0.25) is 6.43 Å². The number of fused-ring (bicyclic) bond motifs is 1. The number of H-pyrrole nitrogens is 1. The van der Waals surface area contributed by atoms with Gasteiger partial charge in [-0.05, 0) is 44.1 Å². The van der Waals surface area contributed by atoms with Crippen LogP contribution in [0.3, 0.4) is 0 Å². The Morgan fingerprint density at radius 1 is 1.32 bits per heavy atom. The van der Waals surface area contributed by atoms with Crippen LogP contribution in [0.15, 0.2) is 31.0 Å². The molecule has 1 amide bonds. The second-order valence-corrected chi connectivity index (χ2v) is 7.29. The van der Waals surface area contributed by atoms with Crippen LogP contribution in [-0.2, 0) is 0 Å². The summed E-state index contributed by atoms with van der Waals surface area (Å²) in [6.07, 6.45) is 8.29. The lowest BCUT2D eigenvalue weighted by atomic mass is 9.83. The molecule has 0 aliphatic heterocycles. The SMILES string of the molecule is O=C(NC1CCC(CCC(F)F)CC1)c1nc(-n2ccnc2)cc2cn[nH]c12. The van der Waals surface area contributed by atoms with E-state index in [1.165, 1.54) is 0 Å². The summed E-state index contributed by atoms with van der Waals surface area (Å²) in [6, 6.07) is 1.87. The number of aromatic nitrogens is 5. The molecule has 2 N–H and O–H groups in total. The van der Waals surface area contributed by atoms with Gasteiger partial charge in [0, 0.05) is 30.2 Å². The van der Waals surface area contributed by atoms with E-state index >= 15 is 0 Å². The van der Waals surface area contributed by atoms with Gasteiger partial charge >= 0.3 is 0 Å². The number of rotatable bonds is 6. The van der Waals surface area contributed by atoms with Crippen LogP contribution in [0.1, 0.15) is 49.0 Å². The van der Waals surface area contributed by atoms with Gasteiger partial charge in [0.25, 0.3) is 5.91 Å². The molecule has 1 saturated carbocycles. The fourth-order valence-corrected chi connectivity index (χ4v) is 3.84. The number of nitrogens with one attached hydrogen (secondary N) is 2. The van der Waals surface area contributed by atoms with E-state index < -0.39 is 6.43 Å². The number of alkyl halides is 2. The van der Waals surface area contributed by atoms with Gasteiger partial charge < -0.3 is 5.32 Å². The number of nitrogens with zero attached hydrogens (tertiary/aromatic N) is 4. The number of amides is 1. The fourth-order valence-electron chi connectivity index (χ4n) is 3.84. The molecule has 3 aromatic heterocycles. The van der Waals surface area contributed by atoms with Crippen molar-refractivity contribution in [1.29, 1.82) is 0 Å². The van der Waals surface area contributed by atoms with Crippen molar-refractivity contribution in [3.63, 3.8) is 0 Å². The van der Waals surface area contributed by atoms with Crippen molar-refractivity contribution in [2.75, 3.05) is 0 Å². The third-order valence-corrected chi connectivity index (χ3v) is 5.38. The highest BCUT2D eigenvalue weighted by Crippen LogP contribution is 2.29. The van der Waals surface area contributed by atoms with Crippen molar-refractivity contribution in [3.8, 4) is 5.82 Å². The predicted octanol–water partition coefficient (Wildman–Crippen LogP) is 3.48. The van der Waals surface area contributed by atoms with Crippen molar-refractivity contribution in [3.05, 3.63) is 36.7 Å². The van der Waals surface area contributed by atoms with Crippen LogP contribution in [-0.4, -0.2) is 43.1 Å². The summed E-state index contributed by atoms with van der Waals surface area (Å²) in [5.74, 6) is 0.656. The summed E-state index contributed by atoms with van der Waals surface area (Å²) in [4.78, 5) is 21.4. The molecule has 9 heteroatoms. The van der Waals surface area contributed by atoms with Gasteiger partial charge in [-0.1, -0.05) is 0 Å². The zero-order chi connectivity index (χ0) is 19.5. The maximum absolute atomic E-state index is 12.9. The lowest BCUT2D eigenvalue weighted by Gasteiger charge is -2.29. The Balaban J connectivity index is 1.45. The zero-order valence-electron chi connectivity index (χ0n) is 15.3. The molecule has 1 aliphatic rings. The lowest BCUT2D eigenvalue weighted by molar-refractivity contribution is 0.0912. The van der Waals surface area contributed by atoms with E-state index in [1.54, 1.807) is 29.5 Å². The third-order valence-electron chi connectivity index (χ3n) is 5.38. The van der Waals surface area contributed by atoms with Crippen molar-refractivity contribution in [1.82, 2.24) is 30.0 Å². The van der Waals surface area contributed by atoms with Crippen molar-refractivity contribution >= 4 is 16.8 Å². The average Bonchev–Trinajstić information content (AvgIpc) is 3.38. The molecule has 0 unspecified atom stereocenters. The maximum Gasteiger partial charge on any atom is 0.272 e. The van der Waals surface area contributed by atoms with E-state index in [9.17, 15) is 13.6 Å². The van der Waals surface area contributed by atoms with Crippen LogP contribution in [0.25, 0.3) is 16.7 Å². The van der Waals surface area contributed by atoms with Crippen molar-refractivity contribution in [2.24, 2.45) is 5.92 Å². The van der Waals surface area contributed by atoms with Crippen molar-refractivity contribution < 1.29 is 13.6 Å². The number of pyridine rings is 1. The van der Waals surface area contributed by atoms with E-state index in [0.717, 1.165) is 31.1 Å². The molecule has 0 atom stereocenters. The number of aromatic amines is 1. The molecule has 3 heterocycles. The molecular formula is C19H22F2N6O. The summed E-state index contributed by atoms with van der Waals surface area (Å²) in [6.45, 7) is 0. The average molecular weight is 388 g/mol. The topological polar surface area (TPSA) is 88.5 Å². The number of imidazole rings is 1. The molecule has 1 aliphatic carbocycles. The van der Waals surface area contributed by atoms with Crippen LogP contribution in [0, 0.1) is 5.92 Å². The highest BCUT2D eigenvalue weighted by Gasteiger charge is 2.25. The Hall–Kier alpha value is -2.84. The monoisotopic (exact) mass is 388 g/mol. The summed E-state index contributed by atoms with van der Waals surface area (Å²) in [5, 5.41) is 10.7. The minimum Gasteiger partial charge on any atom is -0.348 e. The Morgan fingerprint density at radius 3 is 2.86 bits per heavy atom. The van der Waals surface area contributed by atoms with Gasteiger partial charge in [0.05, 0.1) is 11.7 Å². The Morgan fingerprint density at radius 2 is 2.14 bits per heavy atom. The number of carbonyl (C=O) groups is 1. The van der Waals surface area contributed by atoms with Gasteiger partial charge in [-0.3, -0.25) is 14.5 Å². The predicted molar refractivity (Wildman–Crippen MR) is 99.5 cm³/mol. The van der Waals surface area contributed by atoms with Crippen molar-refractivity contribution in [2.45, 2.75) is 51.0 Å². The van der Waals surface area contributed by atoms with Crippen LogP contribution in [0.4, 0.5) is 8.78 Å². The molecule has 148 valence electrons. The highest BCUT2D eigenvalue weighted by atomic mass is 19.3. The van der Waals surface area contributed by atoms with Gasteiger partial charge in [-0.25, -0.2) is 18.7 Å². The van der Waals surface area contributed by atoms with E-state index in [-0.39, 0.29) is 18.4 Å². The van der Waals surface area contributed by atoms with E-state index in [1.807, 2.05) is 6.07 Å². The molecule has 7 nitrogen and oxygen atoms in total. The highest BCUT2D eigenvalue weighted by molar-refractivity contribution is 6.04. The van der Waals surface area contributed by atoms with Gasteiger partial charge in [-0.15, -0.1) is 0 Å². The molecule has 0 radical (unpaired) electrons. The molecule has 0 spiro atoms. The van der Waals surface area contributed by atoms with Crippen LogP contribution in [0.2, 0.25) is 0 Å². The third kappa shape index (κ3) is 4.02. The second-order valence-electron chi connectivity index (χ2n) is 7.29. The van der Waals surface area contributed by atoms with Crippen LogP contribution >= 0.6 is 0 Å². The van der Waals surface area contributed by atoms with E-state index in [2.05, 4.69) is 25.5 Å². The first-order chi connectivity index (χ1) is 13.6. The minimum absolute atomic E-state index is 0.0342. The van der Waals surface area contributed by atoms with E-state index in [4.69, 9.17) is 0 Å². The summed E-state index contributed by atoms with van der Waals surface area (Å²) < 4.78 is 26.5. The first-order valence-corrected chi connectivity index (χ1v) is 9.51. The van der Waals surface area contributed by atoms with Gasteiger partial charge in [-0.2, -0.15) is 5.10 Å². The first-order valence-electron chi connectivity index (χ1n) is 9.51. The summed E-state index contributed by atoms with van der Waals surface area (Å²) >= 11 is 0. The van der Waals surface area contributed by atoms with Gasteiger partial charge in [0.15, 0.2) is 5.69 Å². The molecule has 28 heavy (non-hydrogen) atoms. The standard InChI is InChI=1S/C19H22F2N6O/c20-15(21)6-3-12-1-4-14(5-2-12)24-19(28)18-17-13(10-23-26-17)9-16(25-18)27-8-7-22-11-27/h7-12,14-15H,1-6H2,(H,23,26)(H,24,28). The van der Waals surface area contributed by atoms with Gasteiger partial charge in [0.1, 0.15) is 12.1 Å². The quantitative estimate of drug-likeness (QED) is 0.677. The lowest BCUT2D eigenvalue weighted by Crippen LogP contribution is -2.38. The number of halogens is 2. The first kappa shape index (κ1) is 18.5. The molecule has 3 aromatic rings. The number of hydrogen-bond acceptors (Lipinski definition) is 4. The maximum atomic E-state index is 12.9. The normalized spacial score (nSPS) is 20.0. The molecule has 0 saturated heterocycles. The zero-order valence-corrected chi connectivity index (χ0v) is 15.3. The minimum atomic E-state index is -2.23. The molecule has 1 fully saturated rings. The molecule has 0 bridgehead atoms. The number of carbonyl (C=O) groups excluding carboxylic acids is 1. The van der Waals surface area contributed by atoms with E-state index in [0.29, 0.717) is 29.4 Å². The van der Waals surface area contributed by atoms with Crippen LogP contribution < -0.4 is 5.32 Å². The summed E-state index contributed by atoms with van der Waals surface area (Å²) in [7, 11) is 0. The number of hydrogen-bond donors (Lipinski definition) is 2. The largest absolute Gasteiger partial charge is 0.348 e. The Kier molecular flexibility index (Phi) is 5.31. The van der Waals surface area contributed by atoms with Crippen LogP contribution in [0.5, 0.6) is 0 Å². The molecule has 4 rings (SSSR count). The summed E-state index contributed by atoms with van der Waals surface area (Å²) in [5.41, 5.74) is 0.880. The Labute approximate surface area is 160 Å². The smallest absolute Gasteiger partial charge is 0.272 e.